The van der Waals surface area contributed by atoms with Crippen LogP contribution < -0.4 is 16.4 Å². The minimum absolute atomic E-state index is 0.0270. The van der Waals surface area contributed by atoms with Crippen LogP contribution in [0.1, 0.15) is 45.4 Å². The minimum Gasteiger partial charge on any atom is -0.368 e. The maximum atomic E-state index is 12.5. The Morgan fingerprint density at radius 3 is 2.24 bits per heavy atom. The third-order valence-electron chi connectivity index (χ3n) is 5.21. The van der Waals surface area contributed by atoms with Crippen molar-refractivity contribution in [3.63, 3.8) is 0 Å². The first-order valence-corrected chi connectivity index (χ1v) is 9.08. The van der Waals surface area contributed by atoms with Gasteiger partial charge >= 0.3 is 0 Å². The number of nitrogens with two attached hydrogens (primary N) is 1. The van der Waals surface area contributed by atoms with Crippen molar-refractivity contribution in [3.05, 3.63) is 24.3 Å². The summed E-state index contributed by atoms with van der Waals surface area (Å²) in [4.78, 5) is 24.6. The molecule has 136 valence electrons. The van der Waals surface area contributed by atoms with E-state index in [-0.39, 0.29) is 23.8 Å². The maximum absolute atomic E-state index is 12.5. The van der Waals surface area contributed by atoms with E-state index in [1.165, 1.54) is 0 Å². The van der Waals surface area contributed by atoms with Gasteiger partial charge < -0.3 is 21.1 Å². The van der Waals surface area contributed by atoms with Crippen molar-refractivity contribution in [2.75, 3.05) is 17.2 Å². The molecule has 1 aromatic rings. The summed E-state index contributed by atoms with van der Waals surface area (Å²) in [6.07, 6.45) is 5.15. The van der Waals surface area contributed by atoms with Gasteiger partial charge in [-0.1, -0.05) is 12.8 Å². The SMILES string of the molecule is CC1(N)CCCCC1C(=O)Nc1ccc(NC(=O)C2CCCO2)cc1. The van der Waals surface area contributed by atoms with Crippen LogP contribution >= 0.6 is 0 Å². The van der Waals surface area contributed by atoms with E-state index < -0.39 is 5.54 Å². The van der Waals surface area contributed by atoms with Gasteiger partial charge in [-0.15, -0.1) is 0 Å². The Kier molecular flexibility index (Phi) is 5.39. The molecule has 0 bridgehead atoms. The van der Waals surface area contributed by atoms with Gasteiger partial charge in [-0.05, 0) is 56.9 Å². The highest BCUT2D eigenvalue weighted by molar-refractivity contribution is 5.96. The Morgan fingerprint density at radius 1 is 1.04 bits per heavy atom. The van der Waals surface area contributed by atoms with E-state index in [9.17, 15) is 9.59 Å². The molecule has 1 aliphatic carbocycles. The molecular weight excluding hydrogens is 318 g/mol. The fourth-order valence-corrected chi connectivity index (χ4v) is 3.66. The third kappa shape index (κ3) is 4.38. The lowest BCUT2D eigenvalue weighted by atomic mass is 9.74. The predicted octanol–water partition coefficient (Wildman–Crippen LogP) is 2.65. The van der Waals surface area contributed by atoms with Crippen molar-refractivity contribution >= 4 is 23.2 Å². The zero-order chi connectivity index (χ0) is 17.9. The van der Waals surface area contributed by atoms with Gasteiger partial charge in [0.05, 0.1) is 5.92 Å². The molecule has 3 rings (SSSR count). The lowest BCUT2D eigenvalue weighted by Gasteiger charge is -2.37. The highest BCUT2D eigenvalue weighted by Gasteiger charge is 2.37. The van der Waals surface area contributed by atoms with Crippen LogP contribution in [-0.2, 0) is 14.3 Å². The van der Waals surface area contributed by atoms with Gasteiger partial charge in [-0.2, -0.15) is 0 Å². The molecule has 1 saturated heterocycles. The average Bonchev–Trinajstić information content (AvgIpc) is 3.11. The quantitative estimate of drug-likeness (QED) is 0.782. The summed E-state index contributed by atoms with van der Waals surface area (Å²) in [6, 6.07) is 7.15. The van der Waals surface area contributed by atoms with Gasteiger partial charge in [0.25, 0.3) is 5.91 Å². The fraction of sp³-hybridized carbons (Fsp3) is 0.579. The molecule has 1 saturated carbocycles. The molecule has 0 spiro atoms. The van der Waals surface area contributed by atoms with E-state index in [0.717, 1.165) is 38.5 Å². The molecule has 2 fully saturated rings. The molecule has 0 aromatic heterocycles. The van der Waals surface area contributed by atoms with Gasteiger partial charge in [0.1, 0.15) is 6.10 Å². The Morgan fingerprint density at radius 2 is 1.68 bits per heavy atom. The first kappa shape index (κ1) is 17.9. The third-order valence-corrected chi connectivity index (χ3v) is 5.21. The van der Waals surface area contributed by atoms with Crippen molar-refractivity contribution < 1.29 is 14.3 Å². The summed E-state index contributed by atoms with van der Waals surface area (Å²) in [5, 5.41) is 5.79. The summed E-state index contributed by atoms with van der Waals surface area (Å²) in [5.74, 6) is -0.309. The van der Waals surface area contributed by atoms with E-state index in [2.05, 4.69) is 10.6 Å². The molecule has 6 nitrogen and oxygen atoms in total. The molecule has 3 atom stereocenters. The number of carbonyl (C=O) groups excluding carboxylic acids is 2. The second-order valence-corrected chi connectivity index (χ2v) is 7.36. The van der Waals surface area contributed by atoms with Gasteiger partial charge in [0.2, 0.25) is 5.91 Å². The number of rotatable bonds is 4. The topological polar surface area (TPSA) is 93.5 Å². The van der Waals surface area contributed by atoms with Crippen LogP contribution in [0.15, 0.2) is 24.3 Å². The van der Waals surface area contributed by atoms with Crippen LogP contribution in [0.25, 0.3) is 0 Å². The molecule has 2 amide bonds. The van der Waals surface area contributed by atoms with E-state index >= 15 is 0 Å². The lowest BCUT2D eigenvalue weighted by molar-refractivity contribution is -0.125. The second-order valence-electron chi connectivity index (χ2n) is 7.36. The Hall–Kier alpha value is -1.92. The van der Waals surface area contributed by atoms with Crippen LogP contribution in [-0.4, -0.2) is 30.1 Å². The van der Waals surface area contributed by atoms with E-state index in [0.29, 0.717) is 18.0 Å². The molecule has 1 aliphatic heterocycles. The molecule has 6 heteroatoms. The molecule has 0 radical (unpaired) electrons. The monoisotopic (exact) mass is 345 g/mol. The average molecular weight is 345 g/mol. The van der Waals surface area contributed by atoms with Crippen LogP contribution in [0, 0.1) is 5.92 Å². The molecule has 25 heavy (non-hydrogen) atoms. The number of carbonyl (C=O) groups is 2. The number of ether oxygens (including phenoxy) is 1. The molecule has 2 aliphatic rings. The highest BCUT2D eigenvalue weighted by atomic mass is 16.5. The first-order chi connectivity index (χ1) is 12.0. The normalized spacial score (nSPS) is 29.2. The number of hydrogen-bond donors (Lipinski definition) is 3. The molecular formula is C19H27N3O3. The number of nitrogens with one attached hydrogen (secondary N) is 2. The van der Waals surface area contributed by atoms with E-state index in [1.807, 2.05) is 6.92 Å². The summed E-state index contributed by atoms with van der Waals surface area (Å²) < 4.78 is 5.37. The second kappa shape index (κ2) is 7.54. The zero-order valence-corrected chi connectivity index (χ0v) is 14.7. The number of benzene rings is 1. The van der Waals surface area contributed by atoms with Crippen LogP contribution in [0.2, 0.25) is 0 Å². The summed E-state index contributed by atoms with van der Waals surface area (Å²) >= 11 is 0. The molecule has 1 aromatic carbocycles. The number of hydrogen-bond acceptors (Lipinski definition) is 4. The predicted molar refractivity (Wildman–Crippen MR) is 97.2 cm³/mol. The first-order valence-electron chi connectivity index (χ1n) is 9.08. The van der Waals surface area contributed by atoms with Crippen molar-refractivity contribution in [1.29, 1.82) is 0 Å². The van der Waals surface area contributed by atoms with Crippen molar-refractivity contribution in [2.45, 2.75) is 57.1 Å². The summed E-state index contributed by atoms with van der Waals surface area (Å²) in [7, 11) is 0. The minimum atomic E-state index is -0.447. The van der Waals surface area contributed by atoms with Crippen molar-refractivity contribution in [2.24, 2.45) is 11.7 Å². The summed E-state index contributed by atoms with van der Waals surface area (Å²) in [5.41, 5.74) is 7.25. The summed E-state index contributed by atoms with van der Waals surface area (Å²) in [6.45, 7) is 2.60. The van der Waals surface area contributed by atoms with E-state index in [4.69, 9.17) is 10.5 Å². The van der Waals surface area contributed by atoms with Crippen LogP contribution in [0.4, 0.5) is 11.4 Å². The molecule has 4 N–H and O–H groups in total. The number of amides is 2. The lowest BCUT2D eigenvalue weighted by Crippen LogP contribution is -2.51. The molecule has 1 heterocycles. The smallest absolute Gasteiger partial charge is 0.253 e. The van der Waals surface area contributed by atoms with E-state index in [1.54, 1.807) is 24.3 Å². The van der Waals surface area contributed by atoms with Gasteiger partial charge in [-0.3, -0.25) is 9.59 Å². The van der Waals surface area contributed by atoms with Crippen LogP contribution in [0.5, 0.6) is 0 Å². The Bertz CT molecular complexity index is 621. The molecule has 3 unspecified atom stereocenters. The highest BCUT2D eigenvalue weighted by Crippen LogP contribution is 2.32. The Labute approximate surface area is 148 Å². The Balaban J connectivity index is 1.56. The fourth-order valence-electron chi connectivity index (χ4n) is 3.66. The zero-order valence-electron chi connectivity index (χ0n) is 14.7. The maximum Gasteiger partial charge on any atom is 0.253 e. The van der Waals surface area contributed by atoms with Gasteiger partial charge in [0.15, 0.2) is 0 Å². The largest absolute Gasteiger partial charge is 0.368 e. The van der Waals surface area contributed by atoms with Gasteiger partial charge in [0, 0.05) is 23.5 Å². The number of anilines is 2. The van der Waals surface area contributed by atoms with Crippen molar-refractivity contribution in [1.82, 2.24) is 0 Å². The van der Waals surface area contributed by atoms with Crippen LogP contribution in [0.3, 0.4) is 0 Å². The standard InChI is InChI=1S/C19H27N3O3/c1-19(20)11-3-2-5-15(19)17(23)21-13-7-9-14(10-8-13)22-18(24)16-6-4-12-25-16/h7-10,15-16H,2-6,11-12,20H2,1H3,(H,21,23)(H,22,24). The van der Waals surface area contributed by atoms with Crippen molar-refractivity contribution in [3.8, 4) is 0 Å². The van der Waals surface area contributed by atoms with Gasteiger partial charge in [-0.25, -0.2) is 0 Å².